The van der Waals surface area contributed by atoms with Crippen LogP contribution in [0.4, 0.5) is 0 Å². The topological polar surface area (TPSA) is 36.9 Å². The first-order valence-corrected chi connectivity index (χ1v) is 8.41. The van der Waals surface area contributed by atoms with Gasteiger partial charge in [0.15, 0.2) is 0 Å². The van der Waals surface area contributed by atoms with Crippen LogP contribution in [-0.4, -0.2) is 36.4 Å². The van der Waals surface area contributed by atoms with E-state index >= 15 is 0 Å². The van der Waals surface area contributed by atoms with Crippen molar-refractivity contribution in [3.8, 4) is 0 Å². The third-order valence-corrected chi connectivity index (χ3v) is 5.34. The molecule has 5 heteroatoms. The van der Waals surface area contributed by atoms with Gasteiger partial charge in [-0.2, -0.15) is 0 Å². The molecule has 1 aromatic carbocycles. The standard InChI is InChI=1S/C14H24O4Si/c1-13(2)10-17-12-18-19(15-3,16-4)11-14-8-6-5-7-9-14/h5-9,13H,10-12H2,1-4H3. The summed E-state index contributed by atoms with van der Waals surface area (Å²) in [5.74, 6) is 0.485. The van der Waals surface area contributed by atoms with Crippen molar-refractivity contribution in [2.75, 3.05) is 27.6 Å². The van der Waals surface area contributed by atoms with E-state index in [0.29, 0.717) is 18.6 Å². The van der Waals surface area contributed by atoms with E-state index in [0.717, 1.165) is 5.56 Å². The Labute approximate surface area is 117 Å². The molecule has 108 valence electrons. The molecule has 0 atom stereocenters. The Morgan fingerprint density at radius 3 is 2.21 bits per heavy atom. The molecular weight excluding hydrogens is 260 g/mol. The van der Waals surface area contributed by atoms with Crippen molar-refractivity contribution < 1.29 is 18.0 Å². The van der Waals surface area contributed by atoms with Crippen molar-refractivity contribution in [3.63, 3.8) is 0 Å². The van der Waals surface area contributed by atoms with Crippen molar-refractivity contribution in [2.24, 2.45) is 5.92 Å². The summed E-state index contributed by atoms with van der Waals surface area (Å²) in [5, 5.41) is 0. The third kappa shape index (κ3) is 5.84. The molecule has 0 bridgehead atoms. The monoisotopic (exact) mass is 284 g/mol. The second-order valence-corrected chi connectivity index (χ2v) is 7.61. The zero-order chi connectivity index (χ0) is 14.1. The van der Waals surface area contributed by atoms with Crippen molar-refractivity contribution in [3.05, 3.63) is 35.9 Å². The fourth-order valence-corrected chi connectivity index (χ4v) is 3.45. The number of hydrogen-bond acceptors (Lipinski definition) is 4. The van der Waals surface area contributed by atoms with Crippen LogP contribution in [0.3, 0.4) is 0 Å². The van der Waals surface area contributed by atoms with Gasteiger partial charge in [0, 0.05) is 20.3 Å². The van der Waals surface area contributed by atoms with Crippen molar-refractivity contribution in [1.29, 1.82) is 0 Å². The fraction of sp³-hybridized carbons (Fsp3) is 0.571. The molecule has 0 radical (unpaired) electrons. The van der Waals surface area contributed by atoms with Crippen LogP contribution in [0.15, 0.2) is 30.3 Å². The van der Waals surface area contributed by atoms with Crippen LogP contribution in [0.25, 0.3) is 0 Å². The predicted octanol–water partition coefficient (Wildman–Crippen LogP) is 2.65. The average Bonchev–Trinajstić information content (AvgIpc) is 2.43. The predicted molar refractivity (Wildman–Crippen MR) is 76.7 cm³/mol. The zero-order valence-corrected chi connectivity index (χ0v) is 13.2. The minimum Gasteiger partial charge on any atom is -0.377 e. The molecule has 0 heterocycles. The van der Waals surface area contributed by atoms with Crippen molar-refractivity contribution in [1.82, 2.24) is 0 Å². The lowest BCUT2D eigenvalue weighted by Crippen LogP contribution is -2.47. The Kier molecular flexibility index (Phi) is 7.26. The molecule has 0 aliphatic carbocycles. The third-order valence-electron chi connectivity index (χ3n) is 2.70. The zero-order valence-electron chi connectivity index (χ0n) is 12.2. The van der Waals surface area contributed by atoms with Crippen LogP contribution in [0, 0.1) is 5.92 Å². The summed E-state index contributed by atoms with van der Waals surface area (Å²) < 4.78 is 22.2. The molecule has 4 nitrogen and oxygen atoms in total. The smallest absolute Gasteiger partial charge is 0.377 e. The highest BCUT2D eigenvalue weighted by Gasteiger charge is 2.39. The summed E-state index contributed by atoms with van der Waals surface area (Å²) in [7, 11) is 0.571. The average molecular weight is 284 g/mol. The fourth-order valence-electron chi connectivity index (χ4n) is 1.66. The molecule has 0 amide bonds. The van der Waals surface area contributed by atoms with E-state index in [2.05, 4.69) is 13.8 Å². The molecule has 1 aromatic rings. The van der Waals surface area contributed by atoms with Gasteiger partial charge in [-0.05, 0) is 11.5 Å². The molecular formula is C14H24O4Si. The highest BCUT2D eigenvalue weighted by atomic mass is 28.4. The summed E-state index contributed by atoms with van der Waals surface area (Å²) in [5.41, 5.74) is 1.14. The first-order chi connectivity index (χ1) is 9.12. The van der Waals surface area contributed by atoms with Gasteiger partial charge < -0.3 is 18.0 Å². The van der Waals surface area contributed by atoms with Gasteiger partial charge in [-0.3, -0.25) is 0 Å². The summed E-state index contributed by atoms with van der Waals surface area (Å²) in [6.07, 6.45) is 0. The second kappa shape index (κ2) is 8.45. The molecule has 0 saturated heterocycles. The first-order valence-electron chi connectivity index (χ1n) is 6.48. The van der Waals surface area contributed by atoms with Crippen LogP contribution < -0.4 is 0 Å². The highest BCUT2D eigenvalue weighted by Crippen LogP contribution is 2.15. The Bertz CT molecular complexity index is 339. The van der Waals surface area contributed by atoms with Crippen LogP contribution in [0.5, 0.6) is 0 Å². The minimum atomic E-state index is -2.68. The van der Waals surface area contributed by atoms with Crippen LogP contribution >= 0.6 is 0 Å². The van der Waals surface area contributed by atoms with Gasteiger partial charge in [-0.25, -0.2) is 0 Å². The minimum absolute atomic E-state index is 0.207. The summed E-state index contributed by atoms with van der Waals surface area (Å²) in [4.78, 5) is 0. The van der Waals surface area contributed by atoms with E-state index in [9.17, 15) is 0 Å². The molecule has 19 heavy (non-hydrogen) atoms. The Hall–Kier alpha value is -0.723. The van der Waals surface area contributed by atoms with Gasteiger partial charge in [0.25, 0.3) is 0 Å². The summed E-state index contributed by atoms with van der Waals surface area (Å²) in [6, 6.07) is 10.7. The SMILES string of the molecule is CO[Si](Cc1ccccc1)(OC)OCOCC(C)C. The number of hydrogen-bond donors (Lipinski definition) is 0. The highest BCUT2D eigenvalue weighted by molar-refractivity contribution is 6.60. The number of ether oxygens (including phenoxy) is 1. The maximum atomic E-state index is 5.75. The normalized spacial score (nSPS) is 12.1. The second-order valence-electron chi connectivity index (χ2n) is 4.78. The molecule has 0 spiro atoms. The van der Waals surface area contributed by atoms with E-state index < -0.39 is 8.80 Å². The molecule has 0 fully saturated rings. The number of rotatable bonds is 9. The maximum absolute atomic E-state index is 5.75. The van der Waals surface area contributed by atoms with E-state index in [1.54, 1.807) is 14.2 Å². The number of benzene rings is 1. The lowest BCUT2D eigenvalue weighted by molar-refractivity contribution is -0.0412. The van der Waals surface area contributed by atoms with Crippen LogP contribution in [-0.2, 0) is 24.1 Å². The van der Waals surface area contributed by atoms with E-state index in [-0.39, 0.29) is 6.79 Å². The summed E-state index contributed by atoms with van der Waals surface area (Å²) >= 11 is 0. The largest absolute Gasteiger partial charge is 0.506 e. The quantitative estimate of drug-likeness (QED) is 0.397. The molecule has 0 aliphatic heterocycles. The van der Waals surface area contributed by atoms with Gasteiger partial charge in [-0.1, -0.05) is 44.2 Å². The maximum Gasteiger partial charge on any atom is 0.506 e. The van der Waals surface area contributed by atoms with Crippen molar-refractivity contribution >= 4 is 8.80 Å². The van der Waals surface area contributed by atoms with E-state index in [1.165, 1.54) is 0 Å². The molecule has 0 saturated carbocycles. The first kappa shape index (κ1) is 16.3. The van der Waals surface area contributed by atoms with Gasteiger partial charge in [0.1, 0.15) is 6.79 Å². The summed E-state index contributed by atoms with van der Waals surface area (Å²) in [6.45, 7) is 5.07. The Balaban J connectivity index is 2.53. The van der Waals surface area contributed by atoms with Crippen LogP contribution in [0.2, 0.25) is 0 Å². The van der Waals surface area contributed by atoms with Gasteiger partial charge in [0.05, 0.1) is 6.61 Å². The van der Waals surface area contributed by atoms with E-state index in [4.69, 9.17) is 18.0 Å². The Morgan fingerprint density at radius 1 is 1.05 bits per heavy atom. The van der Waals surface area contributed by atoms with Crippen molar-refractivity contribution in [2.45, 2.75) is 19.9 Å². The molecule has 0 N–H and O–H groups in total. The molecule has 0 unspecified atom stereocenters. The Morgan fingerprint density at radius 2 is 1.68 bits per heavy atom. The lowest BCUT2D eigenvalue weighted by atomic mass is 10.2. The van der Waals surface area contributed by atoms with Gasteiger partial charge in [0.2, 0.25) is 0 Å². The van der Waals surface area contributed by atoms with Gasteiger partial charge >= 0.3 is 8.80 Å². The lowest BCUT2D eigenvalue weighted by Gasteiger charge is -2.26. The van der Waals surface area contributed by atoms with E-state index in [1.807, 2.05) is 30.3 Å². The molecule has 1 rings (SSSR count). The molecule has 0 aromatic heterocycles. The molecule has 0 aliphatic rings. The van der Waals surface area contributed by atoms with Gasteiger partial charge in [-0.15, -0.1) is 0 Å². The van der Waals surface area contributed by atoms with Crippen LogP contribution in [0.1, 0.15) is 19.4 Å².